The zero-order valence-electron chi connectivity index (χ0n) is 11.7. The zero-order valence-corrected chi connectivity index (χ0v) is 13.3. The predicted octanol–water partition coefficient (Wildman–Crippen LogP) is 4.09. The summed E-state index contributed by atoms with van der Waals surface area (Å²) in [5.74, 6) is 0.900. The van der Waals surface area contributed by atoms with E-state index in [0.717, 1.165) is 28.6 Å². The molecule has 0 saturated carbocycles. The molecule has 0 radical (unpaired) electrons. The van der Waals surface area contributed by atoms with Gasteiger partial charge in [-0.1, -0.05) is 43.3 Å². The maximum Gasteiger partial charge on any atom is 0.137 e. The van der Waals surface area contributed by atoms with Crippen LogP contribution in [0.1, 0.15) is 23.6 Å². The summed E-state index contributed by atoms with van der Waals surface area (Å²) in [4.78, 5) is 0. The standard InChI is InChI=1S/C17H20BrNO/c1-2-13-6-8-14(9-7-13)12-20-17-15(10-11-19)4-3-5-16(17)18/h3-9H,2,10-12,19H2,1H3. The lowest BCUT2D eigenvalue weighted by Crippen LogP contribution is -2.06. The molecule has 0 heterocycles. The Morgan fingerprint density at radius 1 is 1.05 bits per heavy atom. The molecule has 2 aromatic rings. The van der Waals surface area contributed by atoms with E-state index in [0.29, 0.717) is 13.2 Å². The van der Waals surface area contributed by atoms with Crippen LogP contribution in [0.2, 0.25) is 0 Å². The van der Waals surface area contributed by atoms with E-state index in [2.05, 4.69) is 53.2 Å². The molecule has 2 nitrogen and oxygen atoms in total. The lowest BCUT2D eigenvalue weighted by atomic mass is 10.1. The van der Waals surface area contributed by atoms with Crippen molar-refractivity contribution in [2.45, 2.75) is 26.4 Å². The monoisotopic (exact) mass is 333 g/mol. The van der Waals surface area contributed by atoms with Crippen molar-refractivity contribution in [3.05, 3.63) is 63.6 Å². The maximum atomic E-state index is 5.98. The van der Waals surface area contributed by atoms with E-state index < -0.39 is 0 Å². The molecule has 2 N–H and O–H groups in total. The van der Waals surface area contributed by atoms with Gasteiger partial charge in [0, 0.05) is 0 Å². The number of aryl methyl sites for hydroxylation is 1. The maximum absolute atomic E-state index is 5.98. The molecule has 0 aliphatic heterocycles. The summed E-state index contributed by atoms with van der Waals surface area (Å²) in [6.45, 7) is 3.36. The summed E-state index contributed by atoms with van der Waals surface area (Å²) < 4.78 is 6.96. The van der Waals surface area contributed by atoms with Crippen molar-refractivity contribution < 1.29 is 4.74 Å². The average Bonchev–Trinajstić information content (AvgIpc) is 2.47. The fourth-order valence-electron chi connectivity index (χ4n) is 2.09. The summed E-state index contributed by atoms with van der Waals surface area (Å²) in [5, 5.41) is 0. The summed E-state index contributed by atoms with van der Waals surface area (Å²) in [7, 11) is 0. The molecular formula is C17H20BrNO. The van der Waals surface area contributed by atoms with Crippen LogP contribution in [0.3, 0.4) is 0 Å². The van der Waals surface area contributed by atoms with Crippen LogP contribution < -0.4 is 10.5 Å². The minimum absolute atomic E-state index is 0.574. The predicted molar refractivity (Wildman–Crippen MR) is 87.1 cm³/mol. The molecule has 0 aliphatic carbocycles. The first-order valence-electron chi connectivity index (χ1n) is 6.92. The Bertz CT molecular complexity index is 551. The quantitative estimate of drug-likeness (QED) is 0.863. The summed E-state index contributed by atoms with van der Waals surface area (Å²) in [6.07, 6.45) is 1.88. The topological polar surface area (TPSA) is 35.2 Å². The van der Waals surface area contributed by atoms with E-state index in [1.807, 2.05) is 12.1 Å². The molecule has 0 saturated heterocycles. The van der Waals surface area contributed by atoms with Gasteiger partial charge in [0.2, 0.25) is 0 Å². The van der Waals surface area contributed by atoms with Crippen molar-refractivity contribution in [3.8, 4) is 5.75 Å². The molecule has 106 valence electrons. The highest BCUT2D eigenvalue weighted by atomic mass is 79.9. The fraction of sp³-hybridized carbons (Fsp3) is 0.294. The van der Waals surface area contributed by atoms with Gasteiger partial charge >= 0.3 is 0 Å². The van der Waals surface area contributed by atoms with E-state index in [9.17, 15) is 0 Å². The van der Waals surface area contributed by atoms with Gasteiger partial charge < -0.3 is 10.5 Å². The number of para-hydroxylation sites is 1. The van der Waals surface area contributed by atoms with E-state index in [1.165, 1.54) is 11.1 Å². The van der Waals surface area contributed by atoms with Gasteiger partial charge in [0.25, 0.3) is 0 Å². The van der Waals surface area contributed by atoms with Crippen molar-refractivity contribution in [2.75, 3.05) is 6.54 Å². The van der Waals surface area contributed by atoms with Gasteiger partial charge in [-0.25, -0.2) is 0 Å². The summed E-state index contributed by atoms with van der Waals surface area (Å²) >= 11 is 3.55. The molecule has 2 rings (SSSR count). The molecule has 0 amide bonds. The largest absolute Gasteiger partial charge is 0.487 e. The van der Waals surface area contributed by atoms with E-state index >= 15 is 0 Å². The molecule has 0 aliphatic rings. The van der Waals surface area contributed by atoms with Crippen LogP contribution in [0.15, 0.2) is 46.9 Å². The first-order valence-corrected chi connectivity index (χ1v) is 7.72. The molecule has 0 unspecified atom stereocenters. The van der Waals surface area contributed by atoms with Gasteiger partial charge in [0.05, 0.1) is 4.47 Å². The minimum atomic E-state index is 0.574. The van der Waals surface area contributed by atoms with Crippen LogP contribution in [0, 0.1) is 0 Å². The molecular weight excluding hydrogens is 314 g/mol. The van der Waals surface area contributed by atoms with Crippen LogP contribution in [0.25, 0.3) is 0 Å². The second kappa shape index (κ2) is 7.46. The fourth-order valence-corrected chi connectivity index (χ4v) is 2.62. The highest BCUT2D eigenvalue weighted by molar-refractivity contribution is 9.10. The molecule has 20 heavy (non-hydrogen) atoms. The number of benzene rings is 2. The number of nitrogens with two attached hydrogens (primary N) is 1. The first kappa shape index (κ1) is 15.1. The number of ether oxygens (including phenoxy) is 1. The number of hydrogen-bond donors (Lipinski definition) is 1. The van der Waals surface area contributed by atoms with Gasteiger partial charge in [0.15, 0.2) is 0 Å². The third-order valence-electron chi connectivity index (χ3n) is 3.28. The molecule has 0 aromatic heterocycles. The molecule has 0 spiro atoms. The summed E-state index contributed by atoms with van der Waals surface area (Å²) in [6, 6.07) is 14.6. The number of hydrogen-bond acceptors (Lipinski definition) is 2. The average molecular weight is 334 g/mol. The van der Waals surface area contributed by atoms with Crippen molar-refractivity contribution in [3.63, 3.8) is 0 Å². The van der Waals surface area contributed by atoms with Crippen LogP contribution in [-0.2, 0) is 19.4 Å². The van der Waals surface area contributed by atoms with Crippen molar-refractivity contribution in [1.29, 1.82) is 0 Å². The Morgan fingerprint density at radius 3 is 2.40 bits per heavy atom. The Labute approximate surface area is 129 Å². The first-order chi connectivity index (χ1) is 9.74. The van der Waals surface area contributed by atoms with Gasteiger partial charge in [0.1, 0.15) is 12.4 Å². The lowest BCUT2D eigenvalue weighted by Gasteiger charge is -2.13. The third kappa shape index (κ3) is 3.84. The second-order valence-corrected chi connectivity index (χ2v) is 5.58. The van der Waals surface area contributed by atoms with E-state index in [4.69, 9.17) is 10.5 Å². The second-order valence-electron chi connectivity index (χ2n) is 4.73. The molecule has 0 atom stereocenters. The molecule has 2 aromatic carbocycles. The van der Waals surface area contributed by atoms with Crippen LogP contribution >= 0.6 is 15.9 Å². The summed E-state index contributed by atoms with van der Waals surface area (Å²) in [5.41, 5.74) is 9.32. The molecule has 0 bridgehead atoms. The van der Waals surface area contributed by atoms with Crippen LogP contribution in [-0.4, -0.2) is 6.54 Å². The Balaban J connectivity index is 2.09. The van der Waals surface area contributed by atoms with Crippen molar-refractivity contribution >= 4 is 15.9 Å². The molecule has 0 fully saturated rings. The highest BCUT2D eigenvalue weighted by Crippen LogP contribution is 2.30. The van der Waals surface area contributed by atoms with E-state index in [-0.39, 0.29) is 0 Å². The lowest BCUT2D eigenvalue weighted by molar-refractivity contribution is 0.301. The number of halogens is 1. The normalized spacial score (nSPS) is 10.6. The molecule has 3 heteroatoms. The minimum Gasteiger partial charge on any atom is -0.487 e. The Hall–Kier alpha value is -1.32. The van der Waals surface area contributed by atoms with Crippen molar-refractivity contribution in [2.24, 2.45) is 5.73 Å². The van der Waals surface area contributed by atoms with Crippen LogP contribution in [0.4, 0.5) is 0 Å². The van der Waals surface area contributed by atoms with Crippen molar-refractivity contribution in [1.82, 2.24) is 0 Å². The Kier molecular flexibility index (Phi) is 5.62. The van der Waals surface area contributed by atoms with Gasteiger partial charge in [-0.2, -0.15) is 0 Å². The third-order valence-corrected chi connectivity index (χ3v) is 3.90. The smallest absolute Gasteiger partial charge is 0.137 e. The van der Waals surface area contributed by atoms with Gasteiger partial charge in [-0.05, 0) is 58.1 Å². The van der Waals surface area contributed by atoms with Gasteiger partial charge in [-0.3, -0.25) is 0 Å². The van der Waals surface area contributed by atoms with Crippen LogP contribution in [0.5, 0.6) is 5.75 Å². The zero-order chi connectivity index (χ0) is 14.4. The SMILES string of the molecule is CCc1ccc(COc2c(Br)cccc2CCN)cc1. The van der Waals surface area contributed by atoms with Gasteiger partial charge in [-0.15, -0.1) is 0 Å². The van der Waals surface area contributed by atoms with E-state index in [1.54, 1.807) is 0 Å². The number of rotatable bonds is 6. The highest BCUT2D eigenvalue weighted by Gasteiger charge is 2.07. The Morgan fingerprint density at radius 2 is 1.75 bits per heavy atom.